The lowest BCUT2D eigenvalue weighted by Crippen LogP contribution is -2.35. The molecule has 2 N–H and O–H groups in total. The fraction of sp³-hybridized carbons (Fsp3) is 0.385. The van der Waals surface area contributed by atoms with E-state index in [0.717, 1.165) is 0 Å². The monoisotopic (exact) mass is 269 g/mol. The molecule has 0 aliphatic carbocycles. The number of nitrogens with one attached hydrogen (secondary N) is 1. The van der Waals surface area contributed by atoms with E-state index in [0.29, 0.717) is 5.56 Å². The lowest BCUT2D eigenvalue weighted by molar-refractivity contribution is -0.146. The zero-order chi connectivity index (χ0) is 14.6. The van der Waals surface area contributed by atoms with Crippen LogP contribution in [0.5, 0.6) is 5.75 Å². The molecule has 1 aromatic rings. The molecule has 6 heteroatoms. The fourth-order valence-electron chi connectivity index (χ4n) is 1.49. The summed E-state index contributed by atoms with van der Waals surface area (Å²) in [7, 11) is 1.36. The third kappa shape index (κ3) is 3.67. The maximum atomic E-state index is 13.5. The number of carboxylic acid groups (broad SMARTS) is 1. The van der Waals surface area contributed by atoms with Gasteiger partial charge in [-0.05, 0) is 31.5 Å². The summed E-state index contributed by atoms with van der Waals surface area (Å²) >= 11 is 0. The second kappa shape index (κ2) is 6.17. The molecule has 0 aliphatic rings. The molecule has 0 bridgehead atoms. The maximum Gasteiger partial charge on any atom is 0.315 e. The van der Waals surface area contributed by atoms with Crippen LogP contribution in [0.4, 0.5) is 4.39 Å². The van der Waals surface area contributed by atoms with E-state index < -0.39 is 29.7 Å². The van der Waals surface area contributed by atoms with E-state index in [-0.39, 0.29) is 5.75 Å². The van der Waals surface area contributed by atoms with E-state index in [1.54, 1.807) is 13.0 Å². The largest absolute Gasteiger partial charge is 0.494 e. The lowest BCUT2D eigenvalue weighted by Gasteiger charge is -2.16. The highest BCUT2D eigenvalue weighted by Gasteiger charge is 2.22. The summed E-state index contributed by atoms with van der Waals surface area (Å²) in [5.41, 5.74) is 0.532. The number of carboxylic acids is 1. The number of carbonyl (C=O) groups is 2. The summed E-state index contributed by atoms with van der Waals surface area (Å²) in [5, 5.41) is 11.2. The van der Waals surface area contributed by atoms with Gasteiger partial charge in [0.15, 0.2) is 11.6 Å². The van der Waals surface area contributed by atoms with Crippen LogP contribution < -0.4 is 10.1 Å². The van der Waals surface area contributed by atoms with Gasteiger partial charge in [0.2, 0.25) is 5.91 Å². The van der Waals surface area contributed by atoms with Crippen molar-refractivity contribution in [1.29, 1.82) is 0 Å². The topological polar surface area (TPSA) is 75.6 Å². The minimum atomic E-state index is -1.20. The van der Waals surface area contributed by atoms with Gasteiger partial charge in [-0.25, -0.2) is 4.39 Å². The first-order chi connectivity index (χ1) is 8.86. The van der Waals surface area contributed by atoms with Crippen LogP contribution in [0.15, 0.2) is 18.2 Å². The van der Waals surface area contributed by atoms with Crippen LogP contribution in [0, 0.1) is 11.7 Å². The Balaban J connectivity index is 2.78. The highest BCUT2D eigenvalue weighted by molar-refractivity contribution is 5.96. The van der Waals surface area contributed by atoms with Gasteiger partial charge in [0, 0.05) is 0 Å². The van der Waals surface area contributed by atoms with Gasteiger partial charge in [0.05, 0.1) is 13.2 Å². The predicted octanol–water partition coefficient (Wildman–Crippen LogP) is 1.73. The molecule has 1 amide bonds. The molecule has 0 saturated heterocycles. The van der Waals surface area contributed by atoms with Gasteiger partial charge in [0.25, 0.3) is 0 Å². The zero-order valence-electron chi connectivity index (χ0n) is 10.9. The summed E-state index contributed by atoms with van der Waals surface area (Å²) in [5.74, 6) is -3.39. The van der Waals surface area contributed by atoms with Crippen LogP contribution in [0.25, 0.3) is 0 Å². The predicted molar refractivity (Wildman–Crippen MR) is 66.3 cm³/mol. The van der Waals surface area contributed by atoms with Gasteiger partial charge in [-0.15, -0.1) is 0 Å². The SMILES string of the molecule is COc1ccc(C(C)NC(=O)C(C)C(=O)O)cc1F. The Labute approximate surface area is 110 Å². The normalized spacial score (nSPS) is 13.5. The molecule has 1 rings (SSSR count). The van der Waals surface area contributed by atoms with Crippen LogP contribution in [0.3, 0.4) is 0 Å². The van der Waals surface area contributed by atoms with Crippen molar-refractivity contribution in [3.63, 3.8) is 0 Å². The Bertz CT molecular complexity index is 490. The zero-order valence-corrected chi connectivity index (χ0v) is 10.9. The maximum absolute atomic E-state index is 13.5. The highest BCUT2D eigenvalue weighted by atomic mass is 19.1. The molecule has 104 valence electrons. The van der Waals surface area contributed by atoms with Crippen molar-refractivity contribution in [3.05, 3.63) is 29.6 Å². The highest BCUT2D eigenvalue weighted by Crippen LogP contribution is 2.21. The summed E-state index contributed by atoms with van der Waals surface area (Å²) < 4.78 is 18.3. The van der Waals surface area contributed by atoms with Gasteiger partial charge in [-0.2, -0.15) is 0 Å². The number of amides is 1. The first-order valence-electron chi connectivity index (χ1n) is 5.73. The minimum absolute atomic E-state index is 0.112. The lowest BCUT2D eigenvalue weighted by atomic mass is 10.1. The van der Waals surface area contributed by atoms with Crippen LogP contribution in [0.1, 0.15) is 25.5 Å². The molecule has 2 unspecified atom stereocenters. The van der Waals surface area contributed by atoms with Crippen LogP contribution in [0.2, 0.25) is 0 Å². The van der Waals surface area contributed by atoms with Crippen molar-refractivity contribution < 1.29 is 23.8 Å². The Hall–Kier alpha value is -2.11. The molecule has 5 nitrogen and oxygen atoms in total. The summed E-state index contributed by atoms with van der Waals surface area (Å²) in [6.45, 7) is 2.94. The smallest absolute Gasteiger partial charge is 0.315 e. The number of rotatable bonds is 5. The molecule has 2 atom stereocenters. The number of hydrogen-bond acceptors (Lipinski definition) is 3. The summed E-state index contributed by atoms with van der Waals surface area (Å²) in [6.07, 6.45) is 0. The fourth-order valence-corrected chi connectivity index (χ4v) is 1.49. The Morgan fingerprint density at radius 3 is 2.47 bits per heavy atom. The van der Waals surface area contributed by atoms with Crippen molar-refractivity contribution in [3.8, 4) is 5.75 Å². The second-order valence-electron chi connectivity index (χ2n) is 4.18. The third-order valence-electron chi connectivity index (χ3n) is 2.80. The minimum Gasteiger partial charge on any atom is -0.494 e. The molecular formula is C13H16FNO4. The van der Waals surface area contributed by atoms with Crippen molar-refractivity contribution in [2.75, 3.05) is 7.11 Å². The van der Waals surface area contributed by atoms with Gasteiger partial charge in [-0.3, -0.25) is 9.59 Å². The molecule has 0 saturated carbocycles. The number of halogens is 1. The number of carbonyl (C=O) groups excluding carboxylic acids is 1. The number of ether oxygens (including phenoxy) is 1. The first kappa shape index (κ1) is 14.9. The molecule has 19 heavy (non-hydrogen) atoms. The van der Waals surface area contributed by atoms with Gasteiger partial charge in [0.1, 0.15) is 5.92 Å². The van der Waals surface area contributed by atoms with E-state index in [2.05, 4.69) is 5.32 Å². The average Bonchev–Trinajstić information content (AvgIpc) is 2.37. The number of methoxy groups -OCH3 is 1. The van der Waals surface area contributed by atoms with Crippen LogP contribution in [-0.2, 0) is 9.59 Å². The van der Waals surface area contributed by atoms with E-state index in [4.69, 9.17) is 9.84 Å². The molecule has 0 aliphatic heterocycles. The average molecular weight is 269 g/mol. The van der Waals surface area contributed by atoms with Crippen molar-refractivity contribution >= 4 is 11.9 Å². The molecule has 1 aromatic carbocycles. The second-order valence-corrected chi connectivity index (χ2v) is 4.18. The Morgan fingerprint density at radius 2 is 2.00 bits per heavy atom. The molecule has 0 heterocycles. The van der Waals surface area contributed by atoms with Crippen molar-refractivity contribution in [2.45, 2.75) is 19.9 Å². The number of benzene rings is 1. The quantitative estimate of drug-likeness (QED) is 0.798. The Morgan fingerprint density at radius 1 is 1.37 bits per heavy atom. The summed E-state index contributed by atoms with van der Waals surface area (Å²) in [4.78, 5) is 22.2. The molecule has 0 spiro atoms. The van der Waals surface area contributed by atoms with Gasteiger partial charge >= 0.3 is 5.97 Å². The first-order valence-corrected chi connectivity index (χ1v) is 5.73. The summed E-state index contributed by atoms with van der Waals surface area (Å²) in [6, 6.07) is 3.82. The number of aliphatic carboxylic acids is 1. The Kier molecular flexibility index (Phi) is 4.86. The van der Waals surface area contributed by atoms with Crippen LogP contribution in [-0.4, -0.2) is 24.1 Å². The van der Waals surface area contributed by atoms with E-state index in [9.17, 15) is 14.0 Å². The standard InChI is InChI=1S/C13H16FNO4/c1-7(13(17)18)12(16)15-8(2)9-4-5-11(19-3)10(14)6-9/h4-8H,1-3H3,(H,15,16)(H,17,18). The van der Waals surface area contributed by atoms with E-state index in [1.165, 1.54) is 26.2 Å². The number of hydrogen-bond donors (Lipinski definition) is 2. The molecule has 0 aromatic heterocycles. The van der Waals surface area contributed by atoms with Crippen LogP contribution >= 0.6 is 0 Å². The van der Waals surface area contributed by atoms with E-state index in [1.807, 2.05) is 0 Å². The van der Waals surface area contributed by atoms with Crippen molar-refractivity contribution in [2.24, 2.45) is 5.92 Å². The molecule has 0 radical (unpaired) electrons. The molecule has 0 fully saturated rings. The van der Waals surface area contributed by atoms with Crippen molar-refractivity contribution in [1.82, 2.24) is 5.32 Å². The molecular weight excluding hydrogens is 253 g/mol. The van der Waals surface area contributed by atoms with Gasteiger partial charge < -0.3 is 15.2 Å². The third-order valence-corrected chi connectivity index (χ3v) is 2.80. The van der Waals surface area contributed by atoms with Gasteiger partial charge in [-0.1, -0.05) is 6.07 Å². The van der Waals surface area contributed by atoms with E-state index >= 15 is 0 Å².